The van der Waals surface area contributed by atoms with Crippen LogP contribution in [0.3, 0.4) is 0 Å². The fourth-order valence-electron chi connectivity index (χ4n) is 18.6. The number of benzene rings is 5. The molecule has 0 aliphatic carbocycles. The van der Waals surface area contributed by atoms with E-state index in [-0.39, 0.29) is 43.1 Å². The van der Waals surface area contributed by atoms with Gasteiger partial charge < -0.3 is 0 Å². The second-order valence-corrected chi connectivity index (χ2v) is 32.9. The van der Waals surface area contributed by atoms with Crippen LogP contribution in [-0.4, -0.2) is 84.8 Å². The molecule has 2 aliphatic rings. The Hall–Kier alpha value is -4.40. The molecule has 0 spiro atoms. The van der Waals surface area contributed by atoms with Crippen molar-refractivity contribution in [1.29, 1.82) is 0 Å². The zero-order chi connectivity index (χ0) is 75.0. The second kappa shape index (κ2) is 51.1. The number of amides is 4. The van der Waals surface area contributed by atoms with Gasteiger partial charge in [0.15, 0.2) is 0 Å². The Labute approximate surface area is 646 Å². The zero-order valence-corrected chi connectivity index (χ0v) is 70.1. The average molecular weight is 1450 g/mol. The fourth-order valence-corrected chi connectivity index (χ4v) is 18.6. The SMILES string of the molecule is C.CC.CCCCCCCCCCCC(CCCCCCCCCCC)N1C(=O)c2ccc3c4c([N+](CCCC)(CCCC)CCCC)cc5c6c(ccc(c7c([N+](CCCC)(CCCC)CCCC)cc(c2c37)C1=O)c64)C(=O)N(C(CCCCCCCCCCC)CCCCCCCCCCC)C5=O. The van der Waals surface area contributed by atoms with Crippen LogP contribution in [-0.2, 0) is 0 Å². The number of carbonyl (C=O) groups is 4. The zero-order valence-electron chi connectivity index (χ0n) is 70.1. The van der Waals surface area contributed by atoms with Crippen LogP contribution in [0.1, 0.15) is 466 Å². The Balaban J connectivity index is 0.00000654. The molecule has 0 aromatic heterocycles. The summed E-state index contributed by atoms with van der Waals surface area (Å²) in [5, 5.41) is 8.19. The smallest absolute Gasteiger partial charge is 0.261 e. The van der Waals surface area contributed by atoms with E-state index in [0.717, 1.165) is 245 Å². The summed E-state index contributed by atoms with van der Waals surface area (Å²) in [7, 11) is 0. The van der Waals surface area contributed by atoms with E-state index in [1.54, 1.807) is 0 Å². The summed E-state index contributed by atoms with van der Waals surface area (Å²) >= 11 is 0. The maximum atomic E-state index is 16.7. The van der Waals surface area contributed by atoms with Crippen molar-refractivity contribution in [2.75, 3.05) is 39.3 Å². The standard InChI is InChI=1S/C94H154N4O4.C2H6.CH4/c1-11-21-31-35-39-43-47-51-55-59-75(60-56-52-48-44-40-36-32-22-12-2)95-91(99)79-65-63-77-88-84(98(70-28-18-8,71-29-19-9)72-30-20-10)74-82-86-80(92(100)96(94(82)102)76(61-57-53-49-45-41-37-33-23-13-3)62-58-54-50-46-42-38-34-24-14-4)66-64-78(90(86)88)87-83(73-81(93(95)101)85(79)89(77)87)97(67-25-15-5,68-26-16-6)69-27-17-7;1-2;/h63-66,73-76H,11-62,67-72H2,1-10H3;1-2H3;1H4/q+2;;. The van der Waals surface area contributed by atoms with Crippen LogP contribution < -0.4 is 8.97 Å². The quantitative estimate of drug-likeness (QED) is 0.0128. The van der Waals surface area contributed by atoms with Gasteiger partial charge in [-0.05, 0) is 87.1 Å². The van der Waals surface area contributed by atoms with Crippen LogP contribution in [0.5, 0.6) is 0 Å². The largest absolute Gasteiger partial charge is 0.291 e. The molecule has 0 unspecified atom stereocenters. The molecule has 0 saturated heterocycles. The molecule has 7 rings (SSSR count). The lowest BCUT2D eigenvalue weighted by atomic mass is 9.79. The molecule has 8 heteroatoms. The highest BCUT2D eigenvalue weighted by atomic mass is 16.2. The highest BCUT2D eigenvalue weighted by molar-refractivity contribution is 6.44. The molecule has 105 heavy (non-hydrogen) atoms. The number of nitrogens with zero attached hydrogens (tertiary/aromatic N) is 4. The van der Waals surface area contributed by atoms with Gasteiger partial charge in [-0.15, -0.1) is 0 Å². The lowest BCUT2D eigenvalue weighted by molar-refractivity contribution is 0.0501. The van der Waals surface area contributed by atoms with Crippen LogP contribution in [0.2, 0.25) is 0 Å². The molecule has 2 heterocycles. The third-order valence-corrected chi connectivity index (χ3v) is 24.8. The van der Waals surface area contributed by atoms with Crippen LogP contribution in [0.4, 0.5) is 11.4 Å². The van der Waals surface area contributed by atoms with Crippen LogP contribution in [0, 0.1) is 0 Å². The van der Waals surface area contributed by atoms with Crippen LogP contribution in [0.25, 0.3) is 43.1 Å². The lowest BCUT2D eigenvalue weighted by Crippen LogP contribution is -2.52. The van der Waals surface area contributed by atoms with Gasteiger partial charge >= 0.3 is 0 Å². The molecule has 5 aromatic carbocycles. The molecule has 0 fully saturated rings. The summed E-state index contributed by atoms with van der Waals surface area (Å²) in [5.41, 5.74) is 5.16. The molecule has 0 bridgehead atoms. The van der Waals surface area contributed by atoms with Crippen molar-refractivity contribution in [3.63, 3.8) is 0 Å². The highest BCUT2D eigenvalue weighted by Gasteiger charge is 2.46. The van der Waals surface area contributed by atoms with Crippen molar-refractivity contribution in [2.45, 2.75) is 436 Å². The molecule has 5 aromatic rings. The molecular formula is C97H164N4O4+2. The summed E-state index contributed by atoms with van der Waals surface area (Å²) in [5.74, 6) is -0.437. The normalized spacial score (nSPS) is 13.4. The first kappa shape index (κ1) is 91.2. The van der Waals surface area contributed by atoms with Crippen molar-refractivity contribution in [2.24, 2.45) is 0 Å². The van der Waals surface area contributed by atoms with Gasteiger partial charge in [0.1, 0.15) is 11.4 Å². The first-order valence-corrected chi connectivity index (χ1v) is 45.8. The maximum Gasteiger partial charge on any atom is 0.261 e. The Morgan fingerprint density at radius 1 is 0.248 bits per heavy atom. The minimum Gasteiger partial charge on any atom is -0.291 e. The average Bonchev–Trinajstić information content (AvgIpc) is 0.673. The van der Waals surface area contributed by atoms with Gasteiger partial charge in [0.05, 0.1) is 61.2 Å². The van der Waals surface area contributed by atoms with Crippen LogP contribution in [0.15, 0.2) is 36.4 Å². The molecule has 8 nitrogen and oxygen atoms in total. The molecule has 0 N–H and O–H groups in total. The van der Waals surface area contributed by atoms with E-state index in [9.17, 15) is 0 Å². The van der Waals surface area contributed by atoms with E-state index in [1.165, 1.54) is 191 Å². The first-order chi connectivity index (χ1) is 51.0. The third-order valence-electron chi connectivity index (χ3n) is 24.8. The monoisotopic (exact) mass is 1450 g/mol. The molecule has 0 radical (unpaired) electrons. The van der Waals surface area contributed by atoms with Gasteiger partial charge in [0.25, 0.3) is 23.6 Å². The third kappa shape index (κ3) is 24.8. The van der Waals surface area contributed by atoms with Gasteiger partial charge in [-0.25, -0.2) is 0 Å². The minimum atomic E-state index is -0.168. The van der Waals surface area contributed by atoms with E-state index in [1.807, 2.05) is 23.6 Å². The van der Waals surface area contributed by atoms with Crippen molar-refractivity contribution in [3.05, 3.63) is 58.7 Å². The Morgan fingerprint density at radius 2 is 0.448 bits per heavy atom. The number of carbonyl (C=O) groups excluding carboxylic acids is 4. The summed E-state index contributed by atoms with van der Waals surface area (Å²) in [6, 6.07) is 13.3. The maximum absolute atomic E-state index is 16.7. The van der Waals surface area contributed by atoms with Gasteiger partial charge in [-0.3, -0.25) is 37.9 Å². The number of hydrogen-bond acceptors (Lipinski definition) is 4. The highest BCUT2D eigenvalue weighted by Crippen LogP contribution is 2.55. The Morgan fingerprint density at radius 3 is 0.667 bits per heavy atom. The van der Waals surface area contributed by atoms with Crippen LogP contribution >= 0.6 is 0 Å². The summed E-state index contributed by atoms with van der Waals surface area (Å²) < 4.78 is 1.53. The topological polar surface area (TPSA) is 74.8 Å². The van der Waals surface area contributed by atoms with E-state index in [4.69, 9.17) is 0 Å². The molecule has 594 valence electrons. The van der Waals surface area contributed by atoms with Crippen molar-refractivity contribution in [3.8, 4) is 0 Å². The van der Waals surface area contributed by atoms with E-state index >= 15 is 19.2 Å². The van der Waals surface area contributed by atoms with Gasteiger partial charge in [-0.2, -0.15) is 0 Å². The van der Waals surface area contributed by atoms with Gasteiger partial charge in [-0.1, -0.05) is 372 Å². The molecular weight excluding hydrogens is 1290 g/mol. The number of quaternary nitrogens is 2. The second-order valence-electron chi connectivity index (χ2n) is 32.9. The summed E-state index contributed by atoms with van der Waals surface area (Å²) in [6.45, 7) is 32.9. The van der Waals surface area contributed by atoms with Crippen molar-refractivity contribution < 1.29 is 19.2 Å². The molecule has 2 aliphatic heterocycles. The van der Waals surface area contributed by atoms with Crippen molar-refractivity contribution in [1.82, 2.24) is 18.8 Å². The number of fused-ring (bicyclic) bond motifs is 2. The number of imide groups is 2. The Kier molecular flexibility index (Phi) is 44.4. The predicted octanol–water partition coefficient (Wildman–Crippen LogP) is 30.4. The number of rotatable bonds is 62. The molecule has 4 amide bonds. The van der Waals surface area contributed by atoms with E-state index < -0.39 is 0 Å². The first-order valence-electron chi connectivity index (χ1n) is 45.8. The summed E-state index contributed by atoms with van der Waals surface area (Å²) in [6.07, 6.45) is 60.6. The minimum absolute atomic E-state index is 0. The number of unbranched alkanes of at least 4 members (excludes halogenated alkanes) is 38. The predicted molar refractivity (Wildman–Crippen MR) is 464 cm³/mol. The Bertz CT molecular complexity index is 2950. The van der Waals surface area contributed by atoms with E-state index in [0.29, 0.717) is 22.3 Å². The number of hydrogen-bond donors (Lipinski definition) is 0. The van der Waals surface area contributed by atoms with Gasteiger partial charge in [0, 0.05) is 56.9 Å². The molecule has 0 atom stereocenters. The molecule has 0 saturated carbocycles. The van der Waals surface area contributed by atoms with Crippen molar-refractivity contribution >= 4 is 78.1 Å². The fraction of sp³-hybridized carbons (Fsp3) is 0.753. The lowest BCUT2D eigenvalue weighted by Gasteiger charge is -2.43. The van der Waals surface area contributed by atoms with E-state index in [2.05, 4.69) is 106 Å². The van der Waals surface area contributed by atoms with Gasteiger partial charge in [0.2, 0.25) is 0 Å². The summed E-state index contributed by atoms with van der Waals surface area (Å²) in [4.78, 5) is 69.5.